The van der Waals surface area contributed by atoms with Gasteiger partial charge in [0.05, 0.1) is 0 Å². The number of allylic oxidation sites excluding steroid dienone is 1. The molecule has 142 valence electrons. The van der Waals surface area contributed by atoms with Gasteiger partial charge in [-0.2, -0.15) is 0 Å². The van der Waals surface area contributed by atoms with Crippen LogP contribution in [0.4, 0.5) is 0 Å². The first-order valence-electron chi connectivity index (χ1n) is 9.03. The van der Waals surface area contributed by atoms with Gasteiger partial charge in [0.1, 0.15) is 18.1 Å². The molecule has 1 N–H and O–H groups in total. The van der Waals surface area contributed by atoms with Crippen LogP contribution in [0.25, 0.3) is 11.1 Å². The molecule has 0 saturated carbocycles. The summed E-state index contributed by atoms with van der Waals surface area (Å²) in [6.45, 7) is 0.0293. The van der Waals surface area contributed by atoms with Crippen molar-refractivity contribution in [1.29, 1.82) is 0 Å². The molecule has 4 heteroatoms. The molecule has 0 spiro atoms. The van der Waals surface area contributed by atoms with E-state index in [9.17, 15) is 9.90 Å². The molecule has 0 fully saturated rings. The first-order chi connectivity index (χ1) is 13.7. The molecule has 0 aliphatic heterocycles. The predicted octanol–water partition coefficient (Wildman–Crippen LogP) is 5.56. The Morgan fingerprint density at radius 2 is 1.46 bits per heavy atom. The molecule has 0 saturated heterocycles. The lowest BCUT2D eigenvalue weighted by Gasteiger charge is -2.17. The zero-order valence-corrected chi connectivity index (χ0v) is 16.1. The minimum Gasteiger partial charge on any atom is -0.508 e. The number of benzene rings is 3. The van der Waals surface area contributed by atoms with Crippen LogP contribution in [0.3, 0.4) is 0 Å². The van der Waals surface area contributed by atoms with E-state index in [1.54, 1.807) is 12.1 Å². The zero-order valence-electron chi connectivity index (χ0n) is 15.3. The molecule has 28 heavy (non-hydrogen) atoms. The number of carbonyl (C=O) groups is 1. The Morgan fingerprint density at radius 1 is 0.857 bits per heavy atom. The van der Waals surface area contributed by atoms with Crippen LogP contribution in [0.1, 0.15) is 23.1 Å². The van der Waals surface area contributed by atoms with E-state index in [1.165, 1.54) is 0 Å². The summed E-state index contributed by atoms with van der Waals surface area (Å²) in [6.07, 6.45) is 1.43. The van der Waals surface area contributed by atoms with Crippen molar-refractivity contribution >= 4 is 29.0 Å². The second-order valence-corrected chi connectivity index (χ2v) is 6.59. The van der Waals surface area contributed by atoms with Crippen LogP contribution in [-0.4, -0.2) is 23.9 Å². The third-order valence-electron chi connectivity index (χ3n) is 4.39. The van der Waals surface area contributed by atoms with E-state index in [0.29, 0.717) is 18.1 Å². The first kappa shape index (κ1) is 19.7. The maximum Gasteiger partial charge on any atom is 0.157 e. The molecule has 3 aromatic rings. The summed E-state index contributed by atoms with van der Waals surface area (Å²) in [5, 5.41) is 9.70. The molecule has 0 aromatic heterocycles. The number of hydrogen-bond donors (Lipinski definition) is 1. The average Bonchev–Trinajstić information content (AvgIpc) is 2.74. The number of phenols is 1. The predicted molar refractivity (Wildman–Crippen MR) is 114 cm³/mol. The highest BCUT2D eigenvalue weighted by molar-refractivity contribution is 6.18. The molecular weight excluding hydrogens is 372 g/mol. The Kier molecular flexibility index (Phi) is 6.88. The van der Waals surface area contributed by atoms with Crippen molar-refractivity contribution in [2.75, 3.05) is 12.5 Å². The molecule has 3 rings (SSSR count). The van der Waals surface area contributed by atoms with Gasteiger partial charge in [0.2, 0.25) is 0 Å². The monoisotopic (exact) mass is 392 g/mol. The van der Waals surface area contributed by atoms with Crippen LogP contribution in [-0.2, 0) is 4.79 Å². The van der Waals surface area contributed by atoms with E-state index in [2.05, 4.69) is 12.1 Å². The van der Waals surface area contributed by atoms with Crippen LogP contribution in [0.15, 0.2) is 78.9 Å². The van der Waals surface area contributed by atoms with Gasteiger partial charge < -0.3 is 9.84 Å². The van der Waals surface area contributed by atoms with Crippen molar-refractivity contribution in [2.45, 2.75) is 6.42 Å². The number of aromatic hydroxyl groups is 1. The number of hydrogen-bond acceptors (Lipinski definition) is 3. The summed E-state index contributed by atoms with van der Waals surface area (Å²) in [5.74, 6) is 1.35. The second kappa shape index (κ2) is 9.77. The van der Waals surface area contributed by atoms with Crippen molar-refractivity contribution in [3.05, 3.63) is 95.6 Å². The topological polar surface area (TPSA) is 46.5 Å². The van der Waals surface area contributed by atoms with Gasteiger partial charge >= 0.3 is 0 Å². The number of aldehydes is 1. The fraction of sp³-hybridized carbons (Fsp3) is 0.125. The van der Waals surface area contributed by atoms with Gasteiger partial charge in [-0.25, -0.2) is 0 Å². The quantitative estimate of drug-likeness (QED) is 0.310. The molecule has 0 unspecified atom stereocenters. The van der Waals surface area contributed by atoms with Crippen molar-refractivity contribution in [3.8, 4) is 11.5 Å². The van der Waals surface area contributed by atoms with Gasteiger partial charge in [0.15, 0.2) is 6.29 Å². The van der Waals surface area contributed by atoms with Crippen LogP contribution in [0, 0.1) is 0 Å². The molecule has 3 aromatic carbocycles. The fourth-order valence-electron chi connectivity index (χ4n) is 3.14. The van der Waals surface area contributed by atoms with Crippen molar-refractivity contribution in [1.82, 2.24) is 0 Å². The fourth-order valence-corrected chi connectivity index (χ4v) is 3.33. The average molecular weight is 393 g/mol. The van der Waals surface area contributed by atoms with Crippen LogP contribution >= 0.6 is 11.6 Å². The molecular formula is C24H21ClO3. The lowest BCUT2D eigenvalue weighted by molar-refractivity contribution is -0.109. The molecule has 3 nitrogen and oxygen atoms in total. The number of alkyl halides is 1. The maximum absolute atomic E-state index is 10.5. The number of rotatable bonds is 8. The van der Waals surface area contributed by atoms with E-state index in [-0.39, 0.29) is 12.4 Å². The number of phenolic OH excluding ortho intramolecular Hbond substituents is 1. The zero-order chi connectivity index (χ0) is 19.8. The Morgan fingerprint density at radius 3 is 2.04 bits per heavy atom. The Labute approximate surface area is 169 Å². The maximum atomic E-state index is 10.5. The molecule has 0 amide bonds. The summed E-state index contributed by atoms with van der Waals surface area (Å²) in [4.78, 5) is 10.5. The highest BCUT2D eigenvalue weighted by Gasteiger charge is 2.14. The SMILES string of the molecule is O=CCOc1ccc(C(=C(CCCl)c2ccccc2)c2ccc(O)cc2)cc1. The molecule has 0 heterocycles. The van der Waals surface area contributed by atoms with Gasteiger partial charge in [-0.05, 0) is 58.5 Å². The lowest BCUT2D eigenvalue weighted by atomic mass is 9.88. The van der Waals surface area contributed by atoms with Gasteiger partial charge in [0.25, 0.3) is 0 Å². The third kappa shape index (κ3) is 4.81. The van der Waals surface area contributed by atoms with Gasteiger partial charge in [-0.1, -0.05) is 54.6 Å². The number of halogens is 1. The van der Waals surface area contributed by atoms with E-state index >= 15 is 0 Å². The Balaban J connectivity index is 2.16. The minimum absolute atomic E-state index is 0.0293. The van der Waals surface area contributed by atoms with Crippen molar-refractivity contribution < 1.29 is 14.6 Å². The van der Waals surface area contributed by atoms with Crippen LogP contribution in [0.2, 0.25) is 0 Å². The summed E-state index contributed by atoms with van der Waals surface area (Å²) < 4.78 is 5.37. The molecule has 0 aliphatic rings. The van der Waals surface area contributed by atoms with E-state index in [0.717, 1.165) is 34.1 Å². The minimum atomic E-state index is 0.0293. The number of ether oxygens (including phenoxy) is 1. The number of carbonyl (C=O) groups excluding carboxylic acids is 1. The van der Waals surface area contributed by atoms with Gasteiger partial charge in [-0.15, -0.1) is 11.6 Å². The Bertz CT molecular complexity index is 930. The molecule has 0 bridgehead atoms. The highest BCUT2D eigenvalue weighted by Crippen LogP contribution is 2.35. The molecule has 0 radical (unpaired) electrons. The standard InChI is InChI=1S/C24H21ClO3/c25-15-14-23(18-4-2-1-3-5-18)24(19-6-10-21(27)11-7-19)20-8-12-22(13-9-20)28-17-16-26/h1-13,16,27H,14-15,17H2. The Hall–Kier alpha value is -3.04. The van der Waals surface area contributed by atoms with Crippen LogP contribution in [0.5, 0.6) is 11.5 Å². The van der Waals surface area contributed by atoms with Crippen molar-refractivity contribution in [3.63, 3.8) is 0 Å². The van der Waals surface area contributed by atoms with E-state index < -0.39 is 0 Å². The smallest absolute Gasteiger partial charge is 0.157 e. The normalized spacial score (nSPS) is 11.6. The molecule has 0 aliphatic carbocycles. The van der Waals surface area contributed by atoms with Gasteiger partial charge in [0, 0.05) is 5.88 Å². The summed E-state index contributed by atoms with van der Waals surface area (Å²) in [6, 6.07) is 25.0. The van der Waals surface area contributed by atoms with Crippen LogP contribution < -0.4 is 4.74 Å². The largest absolute Gasteiger partial charge is 0.508 e. The summed E-state index contributed by atoms with van der Waals surface area (Å²) >= 11 is 6.15. The summed E-state index contributed by atoms with van der Waals surface area (Å²) in [7, 11) is 0. The van der Waals surface area contributed by atoms with E-state index in [4.69, 9.17) is 16.3 Å². The first-order valence-corrected chi connectivity index (χ1v) is 9.57. The second-order valence-electron chi connectivity index (χ2n) is 6.21. The third-order valence-corrected chi connectivity index (χ3v) is 4.57. The molecule has 0 atom stereocenters. The lowest BCUT2D eigenvalue weighted by Crippen LogP contribution is -1.99. The van der Waals surface area contributed by atoms with E-state index in [1.807, 2.05) is 54.6 Å². The summed E-state index contributed by atoms with van der Waals surface area (Å²) in [5.41, 5.74) is 5.28. The van der Waals surface area contributed by atoms with Gasteiger partial charge in [-0.3, -0.25) is 4.79 Å². The highest BCUT2D eigenvalue weighted by atomic mass is 35.5. The van der Waals surface area contributed by atoms with Crippen molar-refractivity contribution in [2.24, 2.45) is 0 Å².